The number of likely N-dealkylation sites (N-methyl/N-ethyl adjacent to an activating group) is 1. The van der Waals surface area contributed by atoms with Crippen LogP contribution in [-0.2, 0) is 23.8 Å². The van der Waals surface area contributed by atoms with Gasteiger partial charge in [0.2, 0.25) is 0 Å². The van der Waals surface area contributed by atoms with Crippen molar-refractivity contribution in [3.8, 4) is 0 Å². The molecule has 4 nitrogen and oxygen atoms in total. The summed E-state index contributed by atoms with van der Waals surface area (Å²) >= 11 is 0. The van der Waals surface area contributed by atoms with Gasteiger partial charge < -0.3 is 14.4 Å². The van der Waals surface area contributed by atoms with Crippen LogP contribution < -0.4 is 0 Å². The Morgan fingerprint density at radius 3 is 2.90 bits per heavy atom. The molecule has 2 aromatic rings. The van der Waals surface area contributed by atoms with Gasteiger partial charge in [-0.1, -0.05) is 12.1 Å². The Bertz CT molecular complexity index is 708. The van der Waals surface area contributed by atoms with Crippen LogP contribution in [0, 0.1) is 0 Å². The molecule has 0 spiro atoms. The Labute approximate surface area is 124 Å². The lowest BCUT2D eigenvalue weighted by Crippen LogP contribution is -2.60. The van der Waals surface area contributed by atoms with Crippen molar-refractivity contribution in [1.82, 2.24) is 9.47 Å². The zero-order valence-electron chi connectivity index (χ0n) is 12.8. The summed E-state index contributed by atoms with van der Waals surface area (Å²) in [6.45, 7) is 0.716. The second kappa shape index (κ2) is 4.32. The molecule has 1 N–H and O–H groups in total. The average Bonchev–Trinajstić information content (AvgIpc) is 2.78. The van der Waals surface area contributed by atoms with Gasteiger partial charge in [-0.25, -0.2) is 0 Å². The number of aromatic nitrogens is 1. The summed E-state index contributed by atoms with van der Waals surface area (Å²) in [5, 5.41) is 11.6. The molecule has 0 saturated carbocycles. The van der Waals surface area contributed by atoms with Crippen LogP contribution in [-0.4, -0.2) is 47.4 Å². The van der Waals surface area contributed by atoms with Gasteiger partial charge in [-0.2, -0.15) is 0 Å². The van der Waals surface area contributed by atoms with Crippen LogP contribution in [0.5, 0.6) is 0 Å². The van der Waals surface area contributed by atoms with Crippen LogP contribution in [0.3, 0.4) is 0 Å². The predicted molar refractivity (Wildman–Crippen MR) is 82.4 cm³/mol. The molecule has 4 rings (SSSR count). The minimum atomic E-state index is -0.402. The highest BCUT2D eigenvalue weighted by molar-refractivity contribution is 5.89. The number of benzene rings is 1. The van der Waals surface area contributed by atoms with Crippen LogP contribution in [0.15, 0.2) is 24.4 Å². The molecule has 1 saturated heterocycles. The lowest BCUT2D eigenvalue weighted by molar-refractivity contribution is -0.141. The summed E-state index contributed by atoms with van der Waals surface area (Å²) < 4.78 is 8.27. The first kappa shape index (κ1) is 13.3. The van der Waals surface area contributed by atoms with E-state index in [1.165, 1.54) is 22.0 Å². The Hall–Kier alpha value is -1.36. The lowest BCUT2D eigenvalue weighted by Gasteiger charge is -2.52. The van der Waals surface area contributed by atoms with Crippen molar-refractivity contribution in [2.45, 2.75) is 30.6 Å². The molecule has 2 aliphatic rings. The Morgan fingerprint density at radius 2 is 2.14 bits per heavy atom. The molecule has 1 aromatic heterocycles. The van der Waals surface area contributed by atoms with Crippen molar-refractivity contribution >= 4 is 10.9 Å². The minimum Gasteiger partial charge on any atom is -0.392 e. The molecule has 4 heteroatoms. The third-order valence-corrected chi connectivity index (χ3v) is 5.43. The Morgan fingerprint density at radius 1 is 1.33 bits per heavy atom. The number of aliphatic hydroxyl groups excluding tert-OH is 1. The fourth-order valence-electron chi connectivity index (χ4n) is 4.56. The molecule has 3 atom stereocenters. The van der Waals surface area contributed by atoms with E-state index < -0.39 is 5.60 Å². The molecule has 112 valence electrons. The molecule has 21 heavy (non-hydrogen) atoms. The number of aryl methyl sites for hydroxylation is 1. The van der Waals surface area contributed by atoms with Crippen molar-refractivity contribution in [3.63, 3.8) is 0 Å². The van der Waals surface area contributed by atoms with Gasteiger partial charge in [0, 0.05) is 50.3 Å². The highest BCUT2D eigenvalue weighted by Gasteiger charge is 2.51. The number of fused-ring (bicyclic) bond motifs is 2. The van der Waals surface area contributed by atoms with Gasteiger partial charge in [-0.05, 0) is 30.7 Å². The Kier molecular flexibility index (Phi) is 2.74. The molecule has 1 aliphatic heterocycles. The fraction of sp³-hybridized carbons (Fsp3) is 0.529. The average molecular weight is 286 g/mol. The van der Waals surface area contributed by atoms with E-state index in [-0.39, 0.29) is 12.1 Å². The van der Waals surface area contributed by atoms with E-state index in [9.17, 15) is 5.11 Å². The van der Waals surface area contributed by atoms with E-state index in [4.69, 9.17) is 4.74 Å². The predicted octanol–water partition coefficient (Wildman–Crippen LogP) is 1.64. The summed E-state index contributed by atoms with van der Waals surface area (Å²) in [7, 11) is 5.98. The van der Waals surface area contributed by atoms with Crippen LogP contribution >= 0.6 is 0 Å². The normalized spacial score (nSPS) is 32.4. The second-order valence-corrected chi connectivity index (χ2v) is 6.58. The quantitative estimate of drug-likeness (QED) is 0.866. The van der Waals surface area contributed by atoms with Crippen molar-refractivity contribution in [3.05, 3.63) is 35.5 Å². The zero-order valence-corrected chi connectivity index (χ0v) is 12.8. The molecule has 0 amide bonds. The molecular weight excluding hydrogens is 264 g/mol. The molecule has 2 heterocycles. The largest absolute Gasteiger partial charge is 0.392 e. The number of hydrogen-bond acceptors (Lipinski definition) is 3. The van der Waals surface area contributed by atoms with Crippen molar-refractivity contribution in [2.24, 2.45) is 7.05 Å². The summed E-state index contributed by atoms with van der Waals surface area (Å²) in [5.74, 6) is 0. The summed E-state index contributed by atoms with van der Waals surface area (Å²) in [4.78, 5) is 2.26. The van der Waals surface area contributed by atoms with Gasteiger partial charge in [0.25, 0.3) is 0 Å². The summed E-state index contributed by atoms with van der Waals surface area (Å²) in [6, 6.07) is 6.72. The third kappa shape index (κ3) is 1.61. The number of aliphatic hydroxyl groups is 1. The number of hydrogen-bond donors (Lipinski definition) is 1. The maximum absolute atomic E-state index is 10.3. The molecular formula is C17H22N2O2. The van der Waals surface area contributed by atoms with E-state index in [1.54, 1.807) is 7.11 Å². The number of likely N-dealkylation sites (tertiary alicyclic amines) is 1. The highest BCUT2D eigenvalue weighted by atomic mass is 16.5. The van der Waals surface area contributed by atoms with Gasteiger partial charge in [0.15, 0.2) is 0 Å². The molecule has 1 aliphatic carbocycles. The maximum atomic E-state index is 10.3. The van der Waals surface area contributed by atoms with Gasteiger partial charge in [-0.3, -0.25) is 4.90 Å². The topological polar surface area (TPSA) is 37.6 Å². The van der Waals surface area contributed by atoms with Crippen LogP contribution in [0.2, 0.25) is 0 Å². The van der Waals surface area contributed by atoms with Crippen LogP contribution in [0.25, 0.3) is 10.9 Å². The molecule has 1 aromatic carbocycles. The van der Waals surface area contributed by atoms with E-state index in [1.807, 2.05) is 0 Å². The molecule has 0 bridgehead atoms. The van der Waals surface area contributed by atoms with Crippen molar-refractivity contribution in [2.75, 3.05) is 20.7 Å². The van der Waals surface area contributed by atoms with Crippen LogP contribution in [0.1, 0.15) is 17.5 Å². The minimum absolute atomic E-state index is 0.284. The van der Waals surface area contributed by atoms with Gasteiger partial charge in [0.05, 0.1) is 6.10 Å². The molecule has 0 radical (unpaired) electrons. The highest BCUT2D eigenvalue weighted by Crippen LogP contribution is 2.48. The fourth-order valence-corrected chi connectivity index (χ4v) is 4.56. The van der Waals surface area contributed by atoms with Gasteiger partial charge in [0.1, 0.15) is 5.60 Å². The SMILES string of the molecule is CO[C@]12CC(O)CN(C)[C@@H]1Cc1cn(C)c3cccc2c13. The number of methoxy groups -OCH3 is 1. The molecule has 1 fully saturated rings. The van der Waals surface area contributed by atoms with Gasteiger partial charge >= 0.3 is 0 Å². The maximum Gasteiger partial charge on any atom is 0.112 e. The second-order valence-electron chi connectivity index (χ2n) is 6.58. The lowest BCUT2D eigenvalue weighted by atomic mass is 9.70. The number of rotatable bonds is 1. The van der Waals surface area contributed by atoms with Crippen molar-refractivity contribution < 1.29 is 9.84 Å². The third-order valence-electron chi connectivity index (χ3n) is 5.43. The standard InChI is InChI=1S/C17H22N2O2/c1-18-9-11-7-15-17(21-3,8-12(20)10-19(15)2)13-5-4-6-14(18)16(11)13/h4-6,9,12,15,20H,7-8,10H2,1-3H3/t12?,15-,17+/m1/s1. The first-order chi connectivity index (χ1) is 10.1. The Balaban J connectivity index is 2.02. The van der Waals surface area contributed by atoms with Gasteiger partial charge in [-0.15, -0.1) is 0 Å². The zero-order chi connectivity index (χ0) is 14.8. The summed E-state index contributed by atoms with van der Waals surface area (Å²) in [6.07, 6.45) is 3.55. The first-order valence-corrected chi connectivity index (χ1v) is 7.57. The monoisotopic (exact) mass is 286 g/mol. The van der Waals surface area contributed by atoms with E-state index >= 15 is 0 Å². The molecule has 1 unspecified atom stereocenters. The smallest absolute Gasteiger partial charge is 0.112 e. The van der Waals surface area contributed by atoms with E-state index in [2.05, 4.69) is 48.0 Å². The summed E-state index contributed by atoms with van der Waals surface area (Å²) in [5.41, 5.74) is 3.48. The number of piperidine rings is 1. The first-order valence-electron chi connectivity index (χ1n) is 7.57. The van der Waals surface area contributed by atoms with E-state index in [0.29, 0.717) is 13.0 Å². The van der Waals surface area contributed by atoms with Crippen molar-refractivity contribution in [1.29, 1.82) is 0 Å². The number of ether oxygens (including phenoxy) is 1. The number of β-amino-alcohol motifs (C(OH)–C–C–N with tert-alkyl or cyclic N) is 1. The van der Waals surface area contributed by atoms with Crippen LogP contribution in [0.4, 0.5) is 0 Å². The van der Waals surface area contributed by atoms with E-state index in [0.717, 1.165) is 6.42 Å². The number of nitrogens with zero attached hydrogens (tertiary/aromatic N) is 2.